The Balaban J connectivity index is 1.46. The molecule has 5 heteroatoms. The highest BCUT2D eigenvalue weighted by atomic mass is 35.5. The van der Waals surface area contributed by atoms with Crippen LogP contribution in [-0.2, 0) is 0 Å². The number of nitrogens with one attached hydrogen (secondary N) is 2. The van der Waals surface area contributed by atoms with Crippen LogP contribution in [0.4, 0.5) is 5.13 Å². The van der Waals surface area contributed by atoms with Crippen molar-refractivity contribution in [2.24, 2.45) is 16.7 Å². The van der Waals surface area contributed by atoms with Gasteiger partial charge in [0.25, 0.3) is 0 Å². The molecule has 1 aromatic heterocycles. The number of hydrogen-bond acceptors (Lipinski definition) is 4. The van der Waals surface area contributed by atoms with E-state index in [-0.39, 0.29) is 0 Å². The summed E-state index contributed by atoms with van der Waals surface area (Å²) in [4.78, 5) is 4.66. The van der Waals surface area contributed by atoms with Gasteiger partial charge in [0.2, 0.25) is 5.13 Å². The van der Waals surface area contributed by atoms with Gasteiger partial charge in [-0.05, 0) is 35.8 Å². The van der Waals surface area contributed by atoms with Crippen LogP contribution in [0.15, 0.2) is 41.4 Å². The molecule has 2 aromatic rings. The first kappa shape index (κ1) is 16.0. The second-order valence-electron chi connectivity index (χ2n) is 7.62. The number of anilines is 1. The zero-order valence-electron chi connectivity index (χ0n) is 14.2. The first-order valence-electron chi connectivity index (χ1n) is 8.35. The lowest BCUT2D eigenvalue weighted by atomic mass is 9.70. The molecule has 1 saturated carbocycles. The third-order valence-corrected chi connectivity index (χ3v) is 7.11. The molecule has 0 amide bonds. The highest BCUT2D eigenvalue weighted by Crippen LogP contribution is 2.63. The van der Waals surface area contributed by atoms with E-state index in [0.717, 1.165) is 21.4 Å². The smallest absolute Gasteiger partial charge is 0.202 e. The summed E-state index contributed by atoms with van der Waals surface area (Å²) >= 11 is 7.55. The summed E-state index contributed by atoms with van der Waals surface area (Å²) < 4.78 is 0. The summed E-state index contributed by atoms with van der Waals surface area (Å²) in [5.74, 6) is 0.602. The van der Waals surface area contributed by atoms with E-state index in [0.29, 0.717) is 16.7 Å². The van der Waals surface area contributed by atoms with Gasteiger partial charge >= 0.3 is 0 Å². The van der Waals surface area contributed by atoms with Crippen LogP contribution in [0.2, 0.25) is 5.02 Å². The van der Waals surface area contributed by atoms with E-state index < -0.39 is 0 Å². The molecule has 2 aliphatic carbocycles. The van der Waals surface area contributed by atoms with Gasteiger partial charge in [0, 0.05) is 27.6 Å². The molecule has 4 rings (SSSR count). The Hall–Kier alpha value is -1.52. The summed E-state index contributed by atoms with van der Waals surface area (Å²) in [7, 11) is 0. The maximum atomic E-state index is 5.95. The first-order chi connectivity index (χ1) is 11.4. The van der Waals surface area contributed by atoms with Crippen LogP contribution in [0.3, 0.4) is 0 Å². The Kier molecular flexibility index (Phi) is 3.66. The van der Waals surface area contributed by atoms with Gasteiger partial charge in [-0.15, -0.1) is 11.3 Å². The second-order valence-corrected chi connectivity index (χ2v) is 8.92. The number of fused-ring (bicyclic) bond motifs is 2. The molecule has 0 radical (unpaired) electrons. The zero-order chi connectivity index (χ0) is 16.9. The summed E-state index contributed by atoms with van der Waals surface area (Å²) in [5.41, 5.74) is 10.7. The molecule has 0 unspecified atom stereocenters. The molecule has 1 fully saturated rings. The summed E-state index contributed by atoms with van der Waals surface area (Å²) in [6.45, 7) is 7.15. The number of thiazole rings is 1. The zero-order valence-corrected chi connectivity index (χ0v) is 15.8. The molecule has 126 valence electrons. The highest BCUT2D eigenvalue weighted by molar-refractivity contribution is 7.14. The largest absolute Gasteiger partial charge is 0.303 e. The van der Waals surface area contributed by atoms with Crippen LogP contribution in [0.1, 0.15) is 33.6 Å². The van der Waals surface area contributed by atoms with Crippen LogP contribution in [0.5, 0.6) is 0 Å². The van der Waals surface area contributed by atoms with Crippen LogP contribution < -0.4 is 10.9 Å². The lowest BCUT2D eigenvalue weighted by Gasteiger charge is -2.33. The maximum absolute atomic E-state index is 5.95. The van der Waals surface area contributed by atoms with E-state index in [1.54, 1.807) is 11.3 Å². The van der Waals surface area contributed by atoms with E-state index in [4.69, 9.17) is 11.6 Å². The molecule has 2 N–H and O–H groups in total. The Morgan fingerprint density at radius 2 is 1.92 bits per heavy atom. The average molecular weight is 360 g/mol. The van der Waals surface area contributed by atoms with Crippen molar-refractivity contribution >= 4 is 28.1 Å². The molecule has 1 aromatic carbocycles. The van der Waals surface area contributed by atoms with Gasteiger partial charge in [-0.1, -0.05) is 50.6 Å². The van der Waals surface area contributed by atoms with Crippen molar-refractivity contribution in [3.63, 3.8) is 0 Å². The average Bonchev–Trinajstić information content (AvgIpc) is 3.15. The van der Waals surface area contributed by atoms with Crippen molar-refractivity contribution in [3.8, 4) is 11.3 Å². The quantitative estimate of drug-likeness (QED) is 0.685. The Bertz CT molecular complexity index is 793. The van der Waals surface area contributed by atoms with Crippen molar-refractivity contribution < 1.29 is 0 Å². The van der Waals surface area contributed by atoms with Crippen molar-refractivity contribution in [2.75, 3.05) is 5.43 Å². The normalized spacial score (nSPS) is 27.2. The van der Waals surface area contributed by atoms with Gasteiger partial charge in [-0.2, -0.15) is 0 Å². The van der Waals surface area contributed by atoms with E-state index in [2.05, 4.69) is 48.1 Å². The minimum absolute atomic E-state index is 0.305. The second kappa shape index (κ2) is 5.50. The minimum atomic E-state index is 0.305. The van der Waals surface area contributed by atoms with E-state index in [9.17, 15) is 0 Å². The molecule has 2 bridgehead atoms. The van der Waals surface area contributed by atoms with E-state index in [1.807, 2.05) is 24.3 Å². The van der Waals surface area contributed by atoms with Crippen molar-refractivity contribution in [2.45, 2.75) is 33.6 Å². The predicted molar refractivity (Wildman–Crippen MR) is 102 cm³/mol. The summed E-state index contributed by atoms with van der Waals surface area (Å²) in [5, 5.41) is 3.69. The number of hydrazine groups is 1. The molecular formula is C19H22ClN3S. The van der Waals surface area contributed by atoms with Crippen molar-refractivity contribution in [1.82, 2.24) is 10.4 Å². The fourth-order valence-corrected chi connectivity index (χ4v) is 4.90. The van der Waals surface area contributed by atoms with Crippen LogP contribution in [0, 0.1) is 16.7 Å². The highest BCUT2D eigenvalue weighted by Gasteiger charge is 2.56. The van der Waals surface area contributed by atoms with Crippen LogP contribution >= 0.6 is 22.9 Å². The van der Waals surface area contributed by atoms with Gasteiger partial charge in [0.05, 0.1) is 5.69 Å². The van der Waals surface area contributed by atoms with Gasteiger partial charge in [-0.3, -0.25) is 5.43 Å². The number of aromatic nitrogens is 1. The first-order valence-corrected chi connectivity index (χ1v) is 9.61. The molecule has 2 atom stereocenters. The fourth-order valence-electron chi connectivity index (χ4n) is 4.10. The number of rotatable bonds is 4. The standard InChI is InChI=1S/C19H22ClN3S/c1-18(2)14-8-9-19(18,3)10-15(14)22-23-17-21-16(11-24-17)12-4-6-13(20)7-5-12/h4-7,10-11,14,22H,8-9H2,1-3H3,(H,21,23)/t14-,19-/m1/s1. The van der Waals surface area contributed by atoms with E-state index >= 15 is 0 Å². The molecular weight excluding hydrogens is 338 g/mol. The SMILES string of the molecule is CC1(C)[C@@H]2CC[C@]1(C)C=C2NNc1nc(-c2ccc(Cl)cc2)cs1. The van der Waals surface area contributed by atoms with Crippen molar-refractivity contribution in [3.05, 3.63) is 46.4 Å². The molecule has 0 saturated heterocycles. The molecule has 0 aliphatic heterocycles. The molecule has 0 spiro atoms. The Labute approximate surface area is 152 Å². The van der Waals surface area contributed by atoms with Gasteiger partial charge < -0.3 is 5.43 Å². The van der Waals surface area contributed by atoms with Crippen LogP contribution in [0.25, 0.3) is 11.3 Å². The Morgan fingerprint density at radius 1 is 1.17 bits per heavy atom. The van der Waals surface area contributed by atoms with Crippen LogP contribution in [-0.4, -0.2) is 4.98 Å². The third-order valence-electron chi connectivity index (χ3n) is 6.10. The van der Waals surface area contributed by atoms with Gasteiger partial charge in [0.15, 0.2) is 0 Å². The third kappa shape index (κ3) is 2.44. The number of halogens is 1. The van der Waals surface area contributed by atoms with Gasteiger partial charge in [-0.25, -0.2) is 4.98 Å². The fraction of sp³-hybridized carbons (Fsp3) is 0.421. The minimum Gasteiger partial charge on any atom is -0.303 e. The summed E-state index contributed by atoms with van der Waals surface area (Å²) in [6, 6.07) is 7.78. The molecule has 3 nitrogen and oxygen atoms in total. The number of benzene rings is 1. The molecule has 1 heterocycles. The number of allylic oxidation sites excluding steroid dienone is 2. The maximum Gasteiger partial charge on any atom is 0.202 e. The summed E-state index contributed by atoms with van der Waals surface area (Å²) in [6.07, 6.45) is 4.97. The lowest BCUT2D eigenvalue weighted by Crippen LogP contribution is -2.30. The van der Waals surface area contributed by atoms with Gasteiger partial charge in [0.1, 0.15) is 0 Å². The van der Waals surface area contributed by atoms with Crippen molar-refractivity contribution in [1.29, 1.82) is 0 Å². The molecule has 24 heavy (non-hydrogen) atoms. The number of hydrogen-bond donors (Lipinski definition) is 2. The topological polar surface area (TPSA) is 37.0 Å². The number of nitrogens with zero attached hydrogens (tertiary/aromatic N) is 1. The van der Waals surface area contributed by atoms with E-state index in [1.165, 1.54) is 18.5 Å². The monoisotopic (exact) mass is 359 g/mol. The molecule has 2 aliphatic rings. The lowest BCUT2D eigenvalue weighted by molar-refractivity contribution is 0.178. The Morgan fingerprint density at radius 3 is 2.54 bits per heavy atom. The predicted octanol–water partition coefficient (Wildman–Crippen LogP) is 5.72.